The Balaban J connectivity index is 1.28. The van der Waals surface area contributed by atoms with Crippen LogP contribution >= 0.6 is 0 Å². The average Bonchev–Trinajstić information content (AvgIpc) is 3.95. The van der Waals surface area contributed by atoms with Crippen molar-refractivity contribution in [3.63, 3.8) is 0 Å². The quantitative estimate of drug-likeness (QED) is 0.171. The number of hydrogen-bond donors (Lipinski definition) is 0. The molecule has 0 saturated heterocycles. The summed E-state index contributed by atoms with van der Waals surface area (Å²) < 4.78 is 18.5. The predicted octanol–water partition coefficient (Wildman–Crippen LogP) is 14.3. The van der Waals surface area contributed by atoms with Gasteiger partial charge >= 0.3 is 0 Å². The Kier molecular flexibility index (Phi) is 5.50. The fourth-order valence-electron chi connectivity index (χ4n) is 9.40. The zero-order chi connectivity index (χ0) is 36.4. The van der Waals surface area contributed by atoms with Gasteiger partial charge in [-0.05, 0) is 82.6 Å². The Bertz CT molecular complexity index is 3340. The predicted molar refractivity (Wildman–Crippen MR) is 227 cm³/mol. The second kappa shape index (κ2) is 9.83. The Hall–Kier alpha value is -6.26. The number of benzene rings is 7. The molecule has 4 heteroatoms. The maximum absolute atomic E-state index is 6.79. The van der Waals surface area contributed by atoms with Gasteiger partial charge in [0.2, 0.25) is 0 Å². The summed E-state index contributed by atoms with van der Waals surface area (Å²) >= 11 is 0. The topological polar surface area (TPSA) is 35.6 Å². The molecule has 0 fully saturated rings. The smallest absolute Gasteiger partial charge is 0.160 e. The standard InChI is InChI=1S/C50H38N2O2/c1-49(2,3)27-15-21-40-36(23-27)37-24-28(50(4,5)6)16-22-41(37)51(40)29-25-38-32-17-19-34-30-11-7-9-13-42(30)53-47(34)45(32)52-44(38)39(26-29)33-18-20-35-31-12-8-10-14-43(31)54-48(35)46(33)52/h7-26H,1-6H3. The van der Waals surface area contributed by atoms with Gasteiger partial charge < -0.3 is 17.8 Å². The Morgan fingerprint density at radius 1 is 0.389 bits per heavy atom. The van der Waals surface area contributed by atoms with Crippen LogP contribution in [0.25, 0.3) is 109 Å². The van der Waals surface area contributed by atoms with E-state index in [9.17, 15) is 0 Å². The summed E-state index contributed by atoms with van der Waals surface area (Å²) in [5, 5.41) is 11.8. The van der Waals surface area contributed by atoms with Gasteiger partial charge in [0.1, 0.15) is 11.2 Å². The number of rotatable bonds is 1. The highest BCUT2D eigenvalue weighted by Crippen LogP contribution is 2.48. The van der Waals surface area contributed by atoms with Gasteiger partial charge in [0.15, 0.2) is 11.2 Å². The van der Waals surface area contributed by atoms with Crippen molar-refractivity contribution in [2.75, 3.05) is 0 Å². The third kappa shape index (κ3) is 3.77. The summed E-state index contributed by atoms with van der Waals surface area (Å²) in [6, 6.07) is 44.8. The van der Waals surface area contributed by atoms with Gasteiger partial charge in [-0.25, -0.2) is 0 Å². The summed E-state index contributed by atoms with van der Waals surface area (Å²) in [4.78, 5) is 0. The summed E-state index contributed by atoms with van der Waals surface area (Å²) in [5.41, 5.74) is 13.3. The first-order chi connectivity index (χ1) is 26.0. The summed E-state index contributed by atoms with van der Waals surface area (Å²) in [6.07, 6.45) is 0. The van der Waals surface area contributed by atoms with Crippen molar-refractivity contribution in [2.24, 2.45) is 0 Å². The van der Waals surface area contributed by atoms with Crippen LogP contribution in [-0.4, -0.2) is 8.97 Å². The molecule has 0 spiro atoms. The number of nitrogens with zero attached hydrogens (tertiary/aromatic N) is 2. The molecule has 0 aliphatic carbocycles. The minimum atomic E-state index is 0.0323. The molecule has 0 aliphatic heterocycles. The number of para-hydroxylation sites is 2. The number of aromatic nitrogens is 2. The molecule has 4 nitrogen and oxygen atoms in total. The first kappa shape index (κ1) is 30.2. The molecule has 0 bridgehead atoms. The third-order valence-electron chi connectivity index (χ3n) is 12.1. The van der Waals surface area contributed by atoms with E-state index in [1.165, 1.54) is 60.0 Å². The van der Waals surface area contributed by atoms with Crippen molar-refractivity contribution < 1.29 is 8.83 Å². The van der Waals surface area contributed by atoms with Gasteiger partial charge in [0, 0.05) is 59.5 Å². The molecule has 260 valence electrons. The van der Waals surface area contributed by atoms with Gasteiger partial charge in [-0.1, -0.05) is 102 Å². The van der Waals surface area contributed by atoms with Crippen LogP contribution in [0, 0.1) is 0 Å². The van der Waals surface area contributed by atoms with Crippen LogP contribution < -0.4 is 0 Å². The highest BCUT2D eigenvalue weighted by Gasteiger charge is 2.27. The molecule has 5 heterocycles. The zero-order valence-electron chi connectivity index (χ0n) is 31.3. The summed E-state index contributed by atoms with van der Waals surface area (Å²) in [7, 11) is 0. The van der Waals surface area contributed by atoms with Crippen LogP contribution in [0.4, 0.5) is 0 Å². The molecule has 7 aromatic carbocycles. The maximum Gasteiger partial charge on any atom is 0.160 e. The highest BCUT2D eigenvalue weighted by atomic mass is 16.3. The van der Waals surface area contributed by atoms with Crippen LogP contribution in [0.15, 0.2) is 130 Å². The second-order valence-electron chi connectivity index (χ2n) is 17.4. The lowest BCUT2D eigenvalue weighted by Crippen LogP contribution is -2.10. The molecule has 0 N–H and O–H groups in total. The van der Waals surface area contributed by atoms with E-state index in [1.54, 1.807) is 0 Å². The van der Waals surface area contributed by atoms with Crippen LogP contribution in [-0.2, 0) is 10.8 Å². The molecular formula is C50H38N2O2. The Morgan fingerprint density at radius 2 is 0.833 bits per heavy atom. The van der Waals surface area contributed by atoms with Gasteiger partial charge in [0.05, 0.1) is 27.6 Å². The third-order valence-corrected chi connectivity index (χ3v) is 12.1. The lowest BCUT2D eigenvalue weighted by molar-refractivity contribution is 0.590. The Labute approximate surface area is 311 Å². The molecule has 0 unspecified atom stereocenters. The average molecular weight is 699 g/mol. The fraction of sp³-hybridized carbons (Fsp3) is 0.160. The van der Waals surface area contributed by atoms with E-state index in [4.69, 9.17) is 8.83 Å². The van der Waals surface area contributed by atoms with Crippen molar-refractivity contribution in [2.45, 2.75) is 52.4 Å². The largest absolute Gasteiger partial charge is 0.454 e. The molecule has 0 amide bonds. The number of fused-ring (bicyclic) bond motifs is 17. The molecule has 0 radical (unpaired) electrons. The fourth-order valence-corrected chi connectivity index (χ4v) is 9.40. The molecule has 54 heavy (non-hydrogen) atoms. The summed E-state index contributed by atoms with van der Waals surface area (Å²) in [5.74, 6) is 0. The van der Waals surface area contributed by atoms with Crippen molar-refractivity contribution in [3.8, 4) is 5.69 Å². The maximum atomic E-state index is 6.79. The van der Waals surface area contributed by atoms with Gasteiger partial charge in [0.25, 0.3) is 0 Å². The van der Waals surface area contributed by atoms with Crippen LogP contribution in [0.5, 0.6) is 0 Å². The minimum Gasteiger partial charge on any atom is -0.454 e. The van der Waals surface area contributed by atoms with Gasteiger partial charge in [-0.2, -0.15) is 0 Å². The van der Waals surface area contributed by atoms with Crippen LogP contribution in [0.2, 0.25) is 0 Å². The van der Waals surface area contributed by atoms with Crippen LogP contribution in [0.3, 0.4) is 0 Å². The lowest BCUT2D eigenvalue weighted by atomic mass is 9.85. The second-order valence-corrected chi connectivity index (χ2v) is 17.4. The molecule has 0 atom stereocenters. The first-order valence-corrected chi connectivity index (χ1v) is 19.0. The lowest BCUT2D eigenvalue weighted by Gasteiger charge is -2.19. The number of furan rings is 2. The van der Waals surface area contributed by atoms with E-state index < -0.39 is 0 Å². The van der Waals surface area contributed by atoms with Crippen LogP contribution in [0.1, 0.15) is 52.7 Å². The zero-order valence-corrected chi connectivity index (χ0v) is 31.3. The molecule has 0 saturated carbocycles. The number of hydrogen-bond acceptors (Lipinski definition) is 2. The van der Waals surface area contributed by atoms with E-state index in [0.717, 1.165) is 60.6 Å². The monoisotopic (exact) mass is 698 g/mol. The van der Waals surface area contributed by atoms with E-state index in [1.807, 2.05) is 12.1 Å². The molecule has 5 aromatic heterocycles. The molecule has 0 aliphatic rings. The normalized spacial score (nSPS) is 13.4. The van der Waals surface area contributed by atoms with Crippen molar-refractivity contribution in [1.29, 1.82) is 0 Å². The van der Waals surface area contributed by atoms with Crippen molar-refractivity contribution in [1.82, 2.24) is 8.97 Å². The van der Waals surface area contributed by atoms with E-state index in [2.05, 4.69) is 160 Å². The van der Waals surface area contributed by atoms with Crippen molar-refractivity contribution in [3.05, 3.63) is 132 Å². The minimum absolute atomic E-state index is 0.0323. The van der Waals surface area contributed by atoms with Crippen molar-refractivity contribution >= 4 is 104 Å². The Morgan fingerprint density at radius 3 is 1.30 bits per heavy atom. The van der Waals surface area contributed by atoms with E-state index >= 15 is 0 Å². The summed E-state index contributed by atoms with van der Waals surface area (Å²) in [6.45, 7) is 13.8. The van der Waals surface area contributed by atoms with Gasteiger partial charge in [-0.3, -0.25) is 0 Å². The van der Waals surface area contributed by atoms with E-state index in [-0.39, 0.29) is 10.8 Å². The molecule has 12 aromatic rings. The first-order valence-electron chi connectivity index (χ1n) is 19.0. The molecular weight excluding hydrogens is 661 g/mol. The highest BCUT2D eigenvalue weighted by molar-refractivity contribution is 6.31. The van der Waals surface area contributed by atoms with Gasteiger partial charge in [-0.15, -0.1) is 0 Å². The SMILES string of the molecule is CC(C)(C)c1ccc2c(c1)c1cc(C(C)(C)C)ccc1n2-c1cc2c3ccc4c5ccccc5oc4c3n3c2c(c1)c1ccc2c4ccccc4oc2c13. The van der Waals surface area contributed by atoms with E-state index in [0.29, 0.717) is 0 Å². The molecule has 12 rings (SSSR count).